The Bertz CT molecular complexity index is 272. The average Bonchev–Trinajstić information content (AvgIpc) is 2.34. The minimum atomic E-state index is -0.0337. The van der Waals surface area contributed by atoms with E-state index in [0.29, 0.717) is 6.04 Å². The molecule has 2 atom stereocenters. The maximum absolute atomic E-state index is 11.9. The fraction of sp³-hybridized carbons (Fsp3) is 0.929. The van der Waals surface area contributed by atoms with Gasteiger partial charge in [0.2, 0.25) is 5.91 Å². The van der Waals surface area contributed by atoms with Crippen LogP contribution in [-0.4, -0.2) is 36.8 Å². The van der Waals surface area contributed by atoms with Crippen molar-refractivity contribution in [3.8, 4) is 0 Å². The second-order valence-electron chi connectivity index (χ2n) is 6.29. The Kier molecular flexibility index (Phi) is 8.62. The Morgan fingerprint density at radius 2 is 2.16 bits per heavy atom. The molecular formula is C14H29ClN2O2. The van der Waals surface area contributed by atoms with Crippen molar-refractivity contribution in [2.45, 2.75) is 52.5 Å². The smallest absolute Gasteiger partial charge is 0.223 e. The van der Waals surface area contributed by atoms with Crippen molar-refractivity contribution in [1.82, 2.24) is 10.6 Å². The summed E-state index contributed by atoms with van der Waals surface area (Å²) in [5.74, 6) is 0.372. The van der Waals surface area contributed by atoms with Crippen LogP contribution in [0.1, 0.15) is 46.5 Å². The molecular weight excluding hydrogens is 264 g/mol. The average molecular weight is 293 g/mol. The van der Waals surface area contributed by atoms with Crippen molar-refractivity contribution >= 4 is 18.3 Å². The van der Waals surface area contributed by atoms with Gasteiger partial charge >= 0.3 is 0 Å². The topological polar surface area (TPSA) is 61.4 Å². The van der Waals surface area contributed by atoms with Crippen LogP contribution in [-0.2, 0) is 4.79 Å². The molecule has 0 unspecified atom stereocenters. The van der Waals surface area contributed by atoms with Crippen molar-refractivity contribution in [1.29, 1.82) is 0 Å². The highest BCUT2D eigenvalue weighted by Gasteiger charge is 2.24. The van der Waals surface area contributed by atoms with Gasteiger partial charge in [0.15, 0.2) is 0 Å². The van der Waals surface area contributed by atoms with Gasteiger partial charge in [-0.05, 0) is 44.6 Å². The highest BCUT2D eigenvalue weighted by molar-refractivity contribution is 5.85. The van der Waals surface area contributed by atoms with Crippen molar-refractivity contribution in [3.05, 3.63) is 0 Å². The van der Waals surface area contributed by atoms with Gasteiger partial charge in [-0.3, -0.25) is 4.79 Å². The molecule has 1 saturated heterocycles. The fourth-order valence-electron chi connectivity index (χ4n) is 2.37. The van der Waals surface area contributed by atoms with Gasteiger partial charge in [-0.15, -0.1) is 12.4 Å². The normalized spacial score (nSPS) is 23.6. The number of amides is 1. The van der Waals surface area contributed by atoms with Crippen LogP contribution in [0.3, 0.4) is 0 Å². The molecule has 0 bridgehead atoms. The molecule has 5 heteroatoms. The molecule has 1 fully saturated rings. The second-order valence-corrected chi connectivity index (χ2v) is 6.29. The predicted molar refractivity (Wildman–Crippen MR) is 80.5 cm³/mol. The first-order valence-corrected chi connectivity index (χ1v) is 7.06. The molecule has 0 aromatic heterocycles. The van der Waals surface area contributed by atoms with Crippen molar-refractivity contribution in [3.63, 3.8) is 0 Å². The Labute approximate surface area is 123 Å². The highest BCUT2D eigenvalue weighted by atomic mass is 35.5. The van der Waals surface area contributed by atoms with Gasteiger partial charge < -0.3 is 15.7 Å². The molecule has 19 heavy (non-hydrogen) atoms. The summed E-state index contributed by atoms with van der Waals surface area (Å²) in [7, 11) is 0. The van der Waals surface area contributed by atoms with E-state index < -0.39 is 0 Å². The summed E-state index contributed by atoms with van der Waals surface area (Å²) in [6.07, 6.45) is 3.75. The zero-order chi connectivity index (χ0) is 13.6. The Balaban J connectivity index is 0.00000324. The van der Waals surface area contributed by atoms with E-state index in [4.69, 9.17) is 5.11 Å². The molecule has 0 aliphatic carbocycles. The summed E-state index contributed by atoms with van der Waals surface area (Å²) in [5, 5.41) is 15.5. The Morgan fingerprint density at radius 3 is 2.74 bits per heavy atom. The third-order valence-electron chi connectivity index (χ3n) is 3.75. The van der Waals surface area contributed by atoms with Gasteiger partial charge in [0.25, 0.3) is 0 Å². The van der Waals surface area contributed by atoms with Crippen LogP contribution in [0.4, 0.5) is 0 Å². The van der Waals surface area contributed by atoms with E-state index in [2.05, 4.69) is 17.6 Å². The zero-order valence-electron chi connectivity index (χ0n) is 12.4. The molecule has 0 aromatic carbocycles. The Morgan fingerprint density at radius 1 is 1.47 bits per heavy atom. The molecule has 3 N–H and O–H groups in total. The number of aliphatic hydroxyl groups is 1. The number of carbonyl (C=O) groups is 1. The molecule has 114 valence electrons. The number of rotatable bonds is 6. The summed E-state index contributed by atoms with van der Waals surface area (Å²) in [4.78, 5) is 11.9. The van der Waals surface area contributed by atoms with Gasteiger partial charge in [0.05, 0.1) is 0 Å². The minimum absolute atomic E-state index is 0. The fourth-order valence-corrected chi connectivity index (χ4v) is 2.37. The van der Waals surface area contributed by atoms with Crippen LogP contribution in [0.25, 0.3) is 0 Å². The second kappa shape index (κ2) is 8.77. The zero-order valence-corrected chi connectivity index (χ0v) is 13.2. The molecule has 1 amide bonds. The summed E-state index contributed by atoms with van der Waals surface area (Å²) >= 11 is 0. The largest absolute Gasteiger partial charge is 0.396 e. The van der Waals surface area contributed by atoms with Crippen LogP contribution in [0.15, 0.2) is 0 Å². The first kappa shape index (κ1) is 18.7. The lowest BCUT2D eigenvalue weighted by Gasteiger charge is -2.27. The van der Waals surface area contributed by atoms with Gasteiger partial charge in [0, 0.05) is 25.1 Å². The maximum atomic E-state index is 11.9. The van der Waals surface area contributed by atoms with E-state index in [1.807, 2.05) is 13.8 Å². The lowest BCUT2D eigenvalue weighted by Crippen LogP contribution is -2.42. The summed E-state index contributed by atoms with van der Waals surface area (Å²) in [5.41, 5.74) is -0.0337. The van der Waals surface area contributed by atoms with Crippen LogP contribution in [0, 0.1) is 11.3 Å². The molecule has 1 aliphatic heterocycles. The summed E-state index contributed by atoms with van der Waals surface area (Å²) in [6, 6.07) is 0.447. The summed E-state index contributed by atoms with van der Waals surface area (Å²) in [6.45, 7) is 8.08. The molecule has 0 radical (unpaired) electrons. The third kappa shape index (κ3) is 7.14. The first-order chi connectivity index (χ1) is 8.44. The number of hydrogen-bond donors (Lipinski definition) is 3. The van der Waals surface area contributed by atoms with Gasteiger partial charge in [0.1, 0.15) is 0 Å². The minimum Gasteiger partial charge on any atom is -0.396 e. The van der Waals surface area contributed by atoms with Gasteiger partial charge in [-0.2, -0.15) is 0 Å². The third-order valence-corrected chi connectivity index (χ3v) is 3.75. The number of hydrogen-bond acceptors (Lipinski definition) is 3. The molecule has 1 heterocycles. The quantitative estimate of drug-likeness (QED) is 0.653. The molecule has 4 nitrogen and oxygen atoms in total. The molecule has 0 saturated carbocycles. The SMILES string of the molecule is C[C@H]1C[C@@H](C(=O)NCCCC(C)(C)CO)CCN1.Cl. The van der Waals surface area contributed by atoms with E-state index in [0.717, 1.165) is 38.8 Å². The highest BCUT2D eigenvalue weighted by Crippen LogP contribution is 2.20. The molecule has 1 aliphatic rings. The van der Waals surface area contributed by atoms with Crippen molar-refractivity contribution in [2.75, 3.05) is 19.7 Å². The van der Waals surface area contributed by atoms with Gasteiger partial charge in [-0.1, -0.05) is 13.8 Å². The molecule has 0 aromatic rings. The van der Waals surface area contributed by atoms with E-state index in [9.17, 15) is 4.79 Å². The number of nitrogens with one attached hydrogen (secondary N) is 2. The number of piperidine rings is 1. The molecule has 0 spiro atoms. The van der Waals surface area contributed by atoms with E-state index >= 15 is 0 Å². The van der Waals surface area contributed by atoms with Crippen LogP contribution in [0.5, 0.6) is 0 Å². The lowest BCUT2D eigenvalue weighted by molar-refractivity contribution is -0.126. The number of halogens is 1. The van der Waals surface area contributed by atoms with Gasteiger partial charge in [-0.25, -0.2) is 0 Å². The monoisotopic (exact) mass is 292 g/mol. The lowest BCUT2D eigenvalue weighted by atomic mass is 9.89. The molecule has 1 rings (SSSR count). The summed E-state index contributed by atoms with van der Waals surface area (Å²) < 4.78 is 0. The number of carbonyl (C=O) groups excluding carboxylic acids is 1. The Hall–Kier alpha value is -0.320. The van der Waals surface area contributed by atoms with Crippen LogP contribution >= 0.6 is 12.4 Å². The number of aliphatic hydroxyl groups excluding tert-OH is 1. The van der Waals surface area contributed by atoms with Crippen LogP contribution < -0.4 is 10.6 Å². The predicted octanol–water partition coefficient (Wildman–Crippen LogP) is 1.71. The van der Waals surface area contributed by atoms with Crippen molar-refractivity contribution < 1.29 is 9.90 Å². The van der Waals surface area contributed by atoms with E-state index in [1.165, 1.54) is 0 Å². The van der Waals surface area contributed by atoms with Crippen molar-refractivity contribution in [2.24, 2.45) is 11.3 Å². The van der Waals surface area contributed by atoms with E-state index in [1.54, 1.807) is 0 Å². The standard InChI is InChI=1S/C14H28N2O2.ClH/c1-11-9-12(5-8-15-11)13(18)16-7-4-6-14(2,3)10-17;/h11-12,15,17H,4-10H2,1-3H3,(H,16,18);1H/t11-,12-;/m0./s1. The first-order valence-electron chi connectivity index (χ1n) is 7.06. The van der Waals surface area contributed by atoms with E-state index in [-0.39, 0.29) is 36.3 Å². The van der Waals surface area contributed by atoms with Crippen LogP contribution in [0.2, 0.25) is 0 Å². The maximum Gasteiger partial charge on any atom is 0.223 e.